The van der Waals surface area contributed by atoms with Crippen molar-refractivity contribution < 1.29 is 36.2 Å². The van der Waals surface area contributed by atoms with Crippen molar-refractivity contribution in [3.05, 3.63) is 35.9 Å². The number of aliphatic hydroxyl groups is 1. The van der Waals surface area contributed by atoms with Crippen molar-refractivity contribution in [1.29, 1.82) is 0 Å². The molecular weight excluding hydrogens is 301 g/mol. The van der Waals surface area contributed by atoms with E-state index in [-0.39, 0.29) is 5.56 Å². The molecule has 1 rings (SSSR count). The highest BCUT2D eigenvalue weighted by atomic mass is 32.2. The number of carbonyl (C=O) groups excluding carboxylic acids is 1. The van der Waals surface area contributed by atoms with Crippen LogP contribution in [0.2, 0.25) is 0 Å². The van der Waals surface area contributed by atoms with Crippen LogP contribution >= 0.6 is 0 Å². The predicted molar refractivity (Wildman–Crippen MR) is 62.2 cm³/mol. The number of hydrogen-bond acceptors (Lipinski definition) is 5. The Kier molecular flexibility index (Phi) is 4.77. The number of rotatable bonds is 4. The number of esters is 1. The molecule has 1 N–H and O–H groups in total. The fourth-order valence-corrected chi connectivity index (χ4v) is 2.64. The van der Waals surface area contributed by atoms with E-state index in [0.29, 0.717) is 0 Å². The molecule has 2 atom stereocenters. The predicted octanol–water partition coefficient (Wildman–Crippen LogP) is 1.20. The fraction of sp³-hybridized carbons (Fsp3) is 0.364. The molecule has 0 saturated carbocycles. The minimum atomic E-state index is -5.92. The highest BCUT2D eigenvalue weighted by Crippen LogP contribution is 2.33. The summed E-state index contributed by atoms with van der Waals surface area (Å²) >= 11 is 0. The molecule has 0 heterocycles. The van der Waals surface area contributed by atoms with Crippen LogP contribution < -0.4 is 0 Å². The Labute approximate surface area is 112 Å². The van der Waals surface area contributed by atoms with Gasteiger partial charge >= 0.3 is 11.5 Å². The Morgan fingerprint density at radius 1 is 1.25 bits per heavy atom. The molecule has 0 aromatic heterocycles. The Hall–Kier alpha value is -1.61. The van der Waals surface area contributed by atoms with E-state index in [1.54, 1.807) is 0 Å². The van der Waals surface area contributed by atoms with Crippen molar-refractivity contribution in [2.45, 2.75) is 16.9 Å². The maximum absolute atomic E-state index is 12.5. The van der Waals surface area contributed by atoms with Gasteiger partial charge in [0.15, 0.2) is 5.25 Å². The van der Waals surface area contributed by atoms with Crippen molar-refractivity contribution in [1.82, 2.24) is 0 Å². The largest absolute Gasteiger partial charge is 0.498 e. The Morgan fingerprint density at radius 2 is 1.75 bits per heavy atom. The zero-order chi connectivity index (χ0) is 15.6. The van der Waals surface area contributed by atoms with Gasteiger partial charge in [0.2, 0.25) is 0 Å². The summed E-state index contributed by atoms with van der Waals surface area (Å²) in [6.45, 7) is 0. The first-order valence-electron chi connectivity index (χ1n) is 5.24. The van der Waals surface area contributed by atoms with E-state index >= 15 is 0 Å². The van der Waals surface area contributed by atoms with Gasteiger partial charge in [0.1, 0.15) is 6.10 Å². The average molecular weight is 312 g/mol. The lowest BCUT2D eigenvalue weighted by Crippen LogP contribution is -2.44. The van der Waals surface area contributed by atoms with Crippen LogP contribution in [0.1, 0.15) is 11.7 Å². The molecule has 0 aliphatic rings. The van der Waals surface area contributed by atoms with Crippen LogP contribution in [-0.4, -0.2) is 37.4 Å². The quantitative estimate of drug-likeness (QED) is 0.845. The molecule has 20 heavy (non-hydrogen) atoms. The minimum Gasteiger partial charge on any atom is -0.468 e. The molecule has 0 amide bonds. The zero-order valence-corrected chi connectivity index (χ0v) is 11.0. The van der Waals surface area contributed by atoms with Crippen molar-refractivity contribution in [2.75, 3.05) is 7.11 Å². The summed E-state index contributed by atoms with van der Waals surface area (Å²) in [5.74, 6) is -1.68. The van der Waals surface area contributed by atoms with E-state index in [1.807, 2.05) is 0 Å². The number of sulfone groups is 1. The maximum atomic E-state index is 12.5. The van der Waals surface area contributed by atoms with E-state index in [1.165, 1.54) is 30.3 Å². The monoisotopic (exact) mass is 312 g/mol. The van der Waals surface area contributed by atoms with Gasteiger partial charge in [0, 0.05) is 0 Å². The SMILES string of the molecule is COC(=O)C(C(O)c1ccccc1)S(=O)(=O)C(F)(F)F. The summed E-state index contributed by atoms with van der Waals surface area (Å²) in [5, 5.41) is 7.03. The van der Waals surface area contributed by atoms with Crippen LogP contribution in [0.15, 0.2) is 30.3 Å². The Bertz CT molecular complexity index is 567. The van der Waals surface area contributed by atoms with E-state index in [9.17, 15) is 31.5 Å². The topological polar surface area (TPSA) is 80.7 Å². The number of aliphatic hydroxyl groups excluding tert-OH is 1. The third kappa shape index (κ3) is 3.10. The summed E-state index contributed by atoms with van der Waals surface area (Å²) in [4.78, 5) is 11.4. The van der Waals surface area contributed by atoms with Gasteiger partial charge in [-0.25, -0.2) is 8.42 Å². The summed E-state index contributed by atoms with van der Waals surface area (Å²) in [5.41, 5.74) is -5.82. The normalized spacial score (nSPS) is 15.4. The molecule has 1 aromatic rings. The second kappa shape index (κ2) is 5.80. The first kappa shape index (κ1) is 16.4. The smallest absolute Gasteiger partial charge is 0.468 e. The molecule has 2 unspecified atom stereocenters. The van der Waals surface area contributed by atoms with E-state index < -0.39 is 32.7 Å². The Morgan fingerprint density at radius 3 is 2.15 bits per heavy atom. The standard InChI is InChI=1S/C11H11F3O5S/c1-19-10(16)9(20(17,18)11(12,13)14)8(15)7-5-3-2-4-6-7/h2-6,8-9,15H,1H3. The van der Waals surface area contributed by atoms with Gasteiger partial charge in [-0.2, -0.15) is 13.2 Å². The lowest BCUT2D eigenvalue weighted by molar-refractivity contribution is -0.143. The van der Waals surface area contributed by atoms with E-state index in [4.69, 9.17) is 0 Å². The molecule has 5 nitrogen and oxygen atoms in total. The summed E-state index contributed by atoms with van der Waals surface area (Å²) < 4.78 is 64.5. The van der Waals surface area contributed by atoms with Crippen LogP contribution in [-0.2, 0) is 19.4 Å². The lowest BCUT2D eigenvalue weighted by atomic mass is 10.1. The van der Waals surface area contributed by atoms with Gasteiger partial charge in [-0.3, -0.25) is 4.79 Å². The average Bonchev–Trinajstić information content (AvgIpc) is 2.38. The molecule has 1 aromatic carbocycles. The van der Waals surface area contributed by atoms with Crippen LogP contribution in [0, 0.1) is 0 Å². The third-order valence-corrected chi connectivity index (χ3v) is 4.28. The minimum absolute atomic E-state index is 0.143. The van der Waals surface area contributed by atoms with Crippen LogP contribution in [0.25, 0.3) is 0 Å². The molecule has 0 bridgehead atoms. The van der Waals surface area contributed by atoms with Crippen LogP contribution in [0.5, 0.6) is 0 Å². The molecular formula is C11H11F3O5S. The summed E-state index contributed by atoms with van der Waals surface area (Å²) in [6, 6.07) is 6.68. The lowest BCUT2D eigenvalue weighted by Gasteiger charge is -2.22. The first-order chi connectivity index (χ1) is 9.13. The summed E-state index contributed by atoms with van der Waals surface area (Å²) in [6.07, 6.45) is -2.18. The molecule has 0 saturated heterocycles. The fourth-order valence-electron chi connectivity index (χ4n) is 1.51. The van der Waals surface area contributed by atoms with Gasteiger partial charge in [-0.05, 0) is 5.56 Å². The van der Waals surface area contributed by atoms with Gasteiger partial charge in [-0.1, -0.05) is 30.3 Å². The molecule has 112 valence electrons. The number of methoxy groups -OCH3 is 1. The zero-order valence-electron chi connectivity index (χ0n) is 10.2. The second-order valence-corrected chi connectivity index (χ2v) is 5.85. The van der Waals surface area contributed by atoms with Gasteiger partial charge in [0.25, 0.3) is 9.84 Å². The second-order valence-electron chi connectivity index (χ2n) is 3.79. The summed E-state index contributed by atoms with van der Waals surface area (Å²) in [7, 11) is -5.19. The highest BCUT2D eigenvalue weighted by molar-refractivity contribution is 7.93. The molecule has 0 spiro atoms. The maximum Gasteiger partial charge on any atom is 0.498 e. The number of halogens is 3. The van der Waals surface area contributed by atoms with Gasteiger partial charge in [0.05, 0.1) is 7.11 Å². The van der Waals surface area contributed by atoms with Crippen LogP contribution in [0.4, 0.5) is 13.2 Å². The number of alkyl halides is 3. The number of carbonyl (C=O) groups is 1. The Balaban J connectivity index is 3.32. The molecule has 0 aliphatic carbocycles. The van der Waals surface area contributed by atoms with Crippen LogP contribution in [0.3, 0.4) is 0 Å². The van der Waals surface area contributed by atoms with Crippen molar-refractivity contribution in [3.63, 3.8) is 0 Å². The first-order valence-corrected chi connectivity index (χ1v) is 6.78. The van der Waals surface area contributed by atoms with E-state index in [2.05, 4.69) is 4.74 Å². The van der Waals surface area contributed by atoms with Crippen molar-refractivity contribution in [2.24, 2.45) is 0 Å². The van der Waals surface area contributed by atoms with E-state index in [0.717, 1.165) is 7.11 Å². The third-order valence-electron chi connectivity index (χ3n) is 2.52. The number of hydrogen-bond donors (Lipinski definition) is 1. The molecule has 0 radical (unpaired) electrons. The number of benzene rings is 1. The molecule has 9 heteroatoms. The van der Waals surface area contributed by atoms with Crippen molar-refractivity contribution >= 4 is 15.8 Å². The molecule has 0 fully saturated rings. The van der Waals surface area contributed by atoms with Gasteiger partial charge < -0.3 is 9.84 Å². The highest BCUT2D eigenvalue weighted by Gasteiger charge is 2.56. The number of ether oxygens (including phenoxy) is 1. The molecule has 0 aliphatic heterocycles. The van der Waals surface area contributed by atoms with Gasteiger partial charge in [-0.15, -0.1) is 0 Å². The van der Waals surface area contributed by atoms with Crippen molar-refractivity contribution in [3.8, 4) is 0 Å².